The van der Waals surface area contributed by atoms with Crippen molar-refractivity contribution in [2.75, 3.05) is 0 Å². The molecule has 0 spiro atoms. The Morgan fingerprint density at radius 1 is 0.600 bits per heavy atom. The fourth-order valence-electron chi connectivity index (χ4n) is 2.97. The molecular weight excluding hydrogens is 579 g/mol. The molecule has 0 aliphatic carbocycles. The van der Waals surface area contributed by atoms with Crippen LogP contribution in [-0.4, -0.2) is 91.3 Å². The van der Waals surface area contributed by atoms with Crippen LogP contribution in [0.15, 0.2) is 36.4 Å². The minimum Gasteiger partial charge on any atom is -0.518 e. The Labute approximate surface area is 237 Å². The Balaban J connectivity index is 2.05. The Kier molecular flexibility index (Phi) is 18.1. The van der Waals surface area contributed by atoms with Crippen LogP contribution in [0.2, 0.25) is 13.1 Å². The molecule has 0 amide bonds. The van der Waals surface area contributed by atoms with Gasteiger partial charge in [-0.2, -0.15) is 0 Å². The van der Waals surface area contributed by atoms with Crippen LogP contribution in [-0.2, 0) is 41.4 Å². The molecule has 16 heteroatoms. The second-order valence-electron chi connectivity index (χ2n) is 6.51. The lowest BCUT2D eigenvalue weighted by Gasteiger charge is -2.18. The lowest BCUT2D eigenvalue weighted by Crippen LogP contribution is -2.18. The smallest absolute Gasteiger partial charge is 0.518 e. The summed E-state index contributed by atoms with van der Waals surface area (Å²) < 4.78 is 44.5. The van der Waals surface area contributed by atoms with Crippen LogP contribution in [0, 0.1) is 0 Å². The van der Waals surface area contributed by atoms with Crippen LogP contribution in [0.4, 0.5) is 0 Å². The van der Waals surface area contributed by atoms with Crippen LogP contribution < -0.4 is 8.85 Å². The molecule has 2 aromatic carbocycles. The highest BCUT2D eigenvalue weighted by Gasteiger charge is 2.16. The highest BCUT2D eigenvalue weighted by Crippen LogP contribution is 2.32. The first kappa shape index (κ1) is 31.4. The van der Waals surface area contributed by atoms with Gasteiger partial charge in [0.25, 0.3) is 0 Å². The molecule has 0 saturated heterocycles. The zero-order chi connectivity index (χ0) is 25.1. The molecule has 178 valence electrons. The van der Waals surface area contributed by atoms with Gasteiger partial charge in [-0.25, -0.2) is 0 Å². The topological polar surface area (TPSA) is 73.8 Å². The molecule has 14 radical (unpaired) electrons. The van der Waals surface area contributed by atoms with E-state index in [1.54, 1.807) is 0 Å². The summed E-state index contributed by atoms with van der Waals surface area (Å²) in [5, 5.41) is 0. The molecule has 8 nitrogen and oxygen atoms in total. The zero-order valence-corrected chi connectivity index (χ0v) is 28.3. The van der Waals surface area contributed by atoms with Crippen molar-refractivity contribution >= 4 is 91.3 Å². The highest BCUT2D eigenvalue weighted by molar-refractivity contribution is 6.46. The van der Waals surface area contributed by atoms with Gasteiger partial charge in [0.05, 0.1) is 0 Å². The van der Waals surface area contributed by atoms with Crippen molar-refractivity contribution in [1.82, 2.24) is 0 Å². The molecular formula is C19H24Al2O8Si6. The van der Waals surface area contributed by atoms with Gasteiger partial charge in [-0.05, 0) is 48.2 Å². The lowest BCUT2D eigenvalue weighted by atomic mass is 9.97. The molecule has 0 fully saturated rings. The number of hydrogen-bond acceptors (Lipinski definition) is 8. The largest absolute Gasteiger partial charge is 0.648 e. The predicted octanol–water partition coefficient (Wildman–Crippen LogP) is 1.80. The van der Waals surface area contributed by atoms with E-state index in [1.807, 2.05) is 13.1 Å². The Morgan fingerprint density at radius 2 is 1.00 bits per heavy atom. The first-order valence-corrected chi connectivity index (χ1v) is 18.7. The summed E-state index contributed by atoms with van der Waals surface area (Å²) in [5.74, 6) is 1.73. The molecule has 35 heavy (non-hydrogen) atoms. The monoisotopic (exact) mass is 602 g/mol. The Morgan fingerprint density at radius 3 is 1.40 bits per heavy atom. The van der Waals surface area contributed by atoms with Crippen molar-refractivity contribution in [3.05, 3.63) is 58.7 Å². The molecule has 0 aliphatic heterocycles. The maximum absolute atomic E-state index is 6.10. The van der Waals surface area contributed by atoms with Gasteiger partial charge < -0.3 is 31.0 Å². The van der Waals surface area contributed by atoms with Crippen molar-refractivity contribution in [3.8, 4) is 11.5 Å². The average Bonchev–Trinajstić information content (AvgIpc) is 2.88. The van der Waals surface area contributed by atoms with Gasteiger partial charge in [0, 0.05) is 6.42 Å². The molecule has 0 N–H and O–H groups in total. The summed E-state index contributed by atoms with van der Waals surface area (Å²) in [6.45, 7) is 8.16. The molecule has 0 unspecified atom stereocenters. The van der Waals surface area contributed by atoms with Gasteiger partial charge in [-0.1, -0.05) is 50.2 Å². The minimum absolute atomic E-state index is 0.0204. The van der Waals surface area contributed by atoms with E-state index in [9.17, 15) is 0 Å². The van der Waals surface area contributed by atoms with E-state index in [0.29, 0.717) is 25.9 Å². The van der Waals surface area contributed by atoms with Gasteiger partial charge in [-0.15, -0.1) is 0 Å². The summed E-state index contributed by atoms with van der Waals surface area (Å²) >= 11 is -1.23. The van der Waals surface area contributed by atoms with Crippen LogP contribution in [0.5, 0.6) is 11.5 Å². The van der Waals surface area contributed by atoms with Gasteiger partial charge >= 0.3 is 71.8 Å². The Hall–Kier alpha value is 0.166. The van der Waals surface area contributed by atoms with E-state index in [4.69, 9.17) is 31.0 Å². The molecule has 2 rings (SSSR count). The second kappa shape index (κ2) is 20.2. The number of rotatable bonds is 20. The minimum atomic E-state index is -0.614. The number of hydrogen-bond donors (Lipinski definition) is 0. The van der Waals surface area contributed by atoms with Crippen LogP contribution in [0.1, 0.15) is 36.1 Å². The second-order valence-corrected chi connectivity index (χ2v) is 14.2. The maximum atomic E-state index is 6.10. The van der Waals surface area contributed by atoms with Crippen molar-refractivity contribution in [2.45, 2.75) is 46.2 Å². The van der Waals surface area contributed by atoms with Crippen molar-refractivity contribution in [3.63, 3.8) is 0 Å². The zero-order valence-electron chi connectivity index (χ0n) is 20.0. The highest BCUT2D eigenvalue weighted by atomic mass is 28.3. The predicted molar refractivity (Wildman–Crippen MR) is 140 cm³/mol. The normalized spacial score (nSPS) is 10.9. The summed E-state index contributed by atoms with van der Waals surface area (Å²) in [4.78, 5) is 0. The molecule has 0 heterocycles. The maximum Gasteiger partial charge on any atom is 0.648 e. The summed E-state index contributed by atoms with van der Waals surface area (Å²) in [6, 6.07) is 12.5. The molecule has 0 aliphatic rings. The first-order valence-electron chi connectivity index (χ1n) is 10.7. The fourth-order valence-corrected chi connectivity index (χ4v) is 7.84. The van der Waals surface area contributed by atoms with E-state index in [0.717, 1.165) is 46.6 Å². The van der Waals surface area contributed by atoms with E-state index >= 15 is 0 Å². The quantitative estimate of drug-likeness (QED) is 0.168. The van der Waals surface area contributed by atoms with Crippen LogP contribution >= 0.6 is 0 Å². The fraction of sp³-hybridized carbons (Fsp3) is 0.368. The average molecular weight is 603 g/mol. The third-order valence-electron chi connectivity index (χ3n) is 4.46. The molecule has 2 aromatic rings. The van der Waals surface area contributed by atoms with Crippen LogP contribution in [0.25, 0.3) is 0 Å². The van der Waals surface area contributed by atoms with Crippen LogP contribution in [0.3, 0.4) is 0 Å². The van der Waals surface area contributed by atoms with Gasteiger partial charge in [0.2, 0.25) is 19.5 Å². The van der Waals surface area contributed by atoms with E-state index in [1.165, 1.54) is 0 Å². The summed E-state index contributed by atoms with van der Waals surface area (Å²) in [6.07, 6.45) is 2.40. The first-order chi connectivity index (χ1) is 17.2. The number of benzene rings is 2. The van der Waals surface area contributed by atoms with Gasteiger partial charge in [0.15, 0.2) is 0 Å². The third kappa shape index (κ3) is 12.0. The molecule has 0 bridgehead atoms. The third-order valence-corrected chi connectivity index (χ3v) is 10.4. The summed E-state index contributed by atoms with van der Waals surface area (Å²) in [5.41, 5.74) is 4.46. The van der Waals surface area contributed by atoms with Gasteiger partial charge in [-0.3, -0.25) is 0 Å². The van der Waals surface area contributed by atoms with Crippen molar-refractivity contribution in [1.29, 1.82) is 0 Å². The standard InChI is InChI=1S/C17H18O4Si2.2CH3O2Si2.2Al/c1-3-12-7-5-9-14(16(12)20-22-18)11-15-10-6-8-13(4-2)17(15)21-23-19;2*1-4-3-5-2;;/h5-10H,3-4,11H2,1-2H3;2*1H3;;/q-2;2*-1;2*+2. The van der Waals surface area contributed by atoms with E-state index in [2.05, 4.69) is 50.2 Å². The molecule has 0 aromatic heterocycles. The van der Waals surface area contributed by atoms with Crippen molar-refractivity contribution < 1.29 is 31.0 Å². The number of aryl methyl sites for hydroxylation is 2. The van der Waals surface area contributed by atoms with E-state index in [-0.39, 0.29) is 40.0 Å². The van der Waals surface area contributed by atoms with Gasteiger partial charge in [0.1, 0.15) is 11.5 Å². The van der Waals surface area contributed by atoms with E-state index < -0.39 is 31.8 Å². The lowest BCUT2D eigenvalue weighted by molar-refractivity contribution is 0.398. The Bertz CT molecular complexity index is 789. The molecule has 0 atom stereocenters. The molecule has 0 saturated carbocycles. The number of para-hydroxylation sites is 2. The van der Waals surface area contributed by atoms with Crippen molar-refractivity contribution in [2.24, 2.45) is 0 Å². The summed E-state index contributed by atoms with van der Waals surface area (Å²) in [7, 11) is 0.604. The SMILES string of the molecule is CCc1cccc(Cc2cccc(CC)c2O[Si][O][Al][O][Si]O[Si]C)c1O[Si][O][Al][O][Si]O[Si]C.